The Bertz CT molecular complexity index is 690. The van der Waals surface area contributed by atoms with Crippen molar-refractivity contribution in [3.63, 3.8) is 0 Å². The molecule has 84 valence electrons. The average Bonchev–Trinajstić information content (AvgIpc) is 2.74. The first-order chi connectivity index (χ1) is 8.24. The monoisotopic (exact) mass is 288 g/mol. The SMILES string of the molecule is Nc1cccn2nc(-c3cccc(Br)c3)nc12. The number of pyridine rings is 1. The zero-order chi connectivity index (χ0) is 11.8. The maximum absolute atomic E-state index is 5.84. The van der Waals surface area contributed by atoms with Crippen molar-refractivity contribution in [1.82, 2.24) is 14.6 Å². The summed E-state index contributed by atoms with van der Waals surface area (Å²) in [6.45, 7) is 0. The van der Waals surface area contributed by atoms with Gasteiger partial charge in [-0.2, -0.15) is 0 Å². The van der Waals surface area contributed by atoms with Crippen LogP contribution in [0.2, 0.25) is 0 Å². The number of anilines is 1. The largest absolute Gasteiger partial charge is 0.396 e. The van der Waals surface area contributed by atoms with Gasteiger partial charge in [0.25, 0.3) is 0 Å². The molecular weight excluding hydrogens is 280 g/mol. The predicted octanol–water partition coefficient (Wildman–Crippen LogP) is 2.74. The van der Waals surface area contributed by atoms with E-state index in [1.165, 1.54) is 0 Å². The van der Waals surface area contributed by atoms with Crippen LogP contribution in [0.3, 0.4) is 0 Å². The van der Waals surface area contributed by atoms with E-state index in [0.717, 1.165) is 10.0 Å². The maximum atomic E-state index is 5.84. The molecule has 0 unspecified atom stereocenters. The zero-order valence-electron chi connectivity index (χ0n) is 8.84. The number of nitrogens with zero attached hydrogens (tertiary/aromatic N) is 3. The number of nitrogens with two attached hydrogens (primary N) is 1. The molecule has 0 atom stereocenters. The summed E-state index contributed by atoms with van der Waals surface area (Å²) in [7, 11) is 0. The van der Waals surface area contributed by atoms with E-state index in [9.17, 15) is 0 Å². The van der Waals surface area contributed by atoms with E-state index in [-0.39, 0.29) is 0 Å². The molecule has 0 aliphatic heterocycles. The van der Waals surface area contributed by atoms with Gasteiger partial charge < -0.3 is 5.73 Å². The number of hydrogen-bond acceptors (Lipinski definition) is 3. The van der Waals surface area contributed by atoms with Gasteiger partial charge in [0, 0.05) is 16.2 Å². The van der Waals surface area contributed by atoms with Gasteiger partial charge in [-0.25, -0.2) is 9.50 Å². The molecule has 0 saturated carbocycles. The molecule has 0 aliphatic rings. The van der Waals surface area contributed by atoms with Crippen LogP contribution in [0.1, 0.15) is 0 Å². The van der Waals surface area contributed by atoms with E-state index in [0.29, 0.717) is 17.2 Å². The Morgan fingerprint density at radius 3 is 2.82 bits per heavy atom. The van der Waals surface area contributed by atoms with Gasteiger partial charge in [-0.15, -0.1) is 5.10 Å². The number of fused-ring (bicyclic) bond motifs is 1. The Kier molecular flexibility index (Phi) is 2.33. The lowest BCUT2D eigenvalue weighted by Gasteiger charge is -1.94. The molecule has 3 rings (SSSR count). The lowest BCUT2D eigenvalue weighted by Crippen LogP contribution is -1.92. The van der Waals surface area contributed by atoms with E-state index in [4.69, 9.17) is 5.73 Å². The Morgan fingerprint density at radius 1 is 1.18 bits per heavy atom. The van der Waals surface area contributed by atoms with Crippen LogP contribution in [0.5, 0.6) is 0 Å². The Morgan fingerprint density at radius 2 is 2.06 bits per heavy atom. The zero-order valence-corrected chi connectivity index (χ0v) is 10.4. The molecule has 4 nitrogen and oxygen atoms in total. The number of rotatable bonds is 1. The molecule has 17 heavy (non-hydrogen) atoms. The fourth-order valence-electron chi connectivity index (χ4n) is 1.68. The van der Waals surface area contributed by atoms with Crippen molar-refractivity contribution in [2.24, 2.45) is 0 Å². The second kappa shape index (κ2) is 3.85. The van der Waals surface area contributed by atoms with Crippen LogP contribution in [-0.4, -0.2) is 14.6 Å². The molecular formula is C12H9BrN4. The summed E-state index contributed by atoms with van der Waals surface area (Å²) in [5, 5.41) is 4.39. The summed E-state index contributed by atoms with van der Waals surface area (Å²) in [6, 6.07) is 11.5. The van der Waals surface area contributed by atoms with Crippen molar-refractivity contribution < 1.29 is 0 Å². The summed E-state index contributed by atoms with van der Waals surface area (Å²) >= 11 is 3.43. The second-order valence-corrected chi connectivity index (χ2v) is 4.59. The van der Waals surface area contributed by atoms with Gasteiger partial charge in [-0.1, -0.05) is 28.1 Å². The lowest BCUT2D eigenvalue weighted by atomic mass is 10.2. The van der Waals surface area contributed by atoms with Crippen molar-refractivity contribution in [2.75, 3.05) is 5.73 Å². The molecule has 2 aromatic heterocycles. The van der Waals surface area contributed by atoms with Crippen molar-refractivity contribution >= 4 is 27.3 Å². The normalized spacial score (nSPS) is 10.9. The number of halogens is 1. The summed E-state index contributed by atoms with van der Waals surface area (Å²) in [5.74, 6) is 0.671. The molecule has 3 aromatic rings. The van der Waals surface area contributed by atoms with Gasteiger partial charge in [0.15, 0.2) is 11.5 Å². The van der Waals surface area contributed by atoms with Crippen LogP contribution >= 0.6 is 15.9 Å². The third-order valence-corrected chi connectivity index (χ3v) is 2.97. The minimum absolute atomic E-state index is 0.626. The van der Waals surface area contributed by atoms with Crippen LogP contribution in [0, 0.1) is 0 Å². The number of benzene rings is 1. The quantitative estimate of drug-likeness (QED) is 0.749. The number of nitrogen functional groups attached to an aromatic ring is 1. The van der Waals surface area contributed by atoms with Crippen molar-refractivity contribution in [3.05, 3.63) is 47.1 Å². The highest BCUT2D eigenvalue weighted by atomic mass is 79.9. The van der Waals surface area contributed by atoms with Gasteiger partial charge in [0.05, 0.1) is 5.69 Å². The summed E-state index contributed by atoms with van der Waals surface area (Å²) in [5.41, 5.74) is 8.11. The molecule has 2 heterocycles. The maximum Gasteiger partial charge on any atom is 0.182 e. The molecule has 5 heteroatoms. The molecule has 0 radical (unpaired) electrons. The van der Waals surface area contributed by atoms with Crippen LogP contribution in [0.15, 0.2) is 47.1 Å². The first-order valence-corrected chi connectivity index (χ1v) is 5.90. The van der Waals surface area contributed by atoms with Crippen LogP contribution in [-0.2, 0) is 0 Å². The van der Waals surface area contributed by atoms with E-state index in [1.807, 2.05) is 42.6 Å². The molecule has 0 spiro atoms. The van der Waals surface area contributed by atoms with Crippen LogP contribution < -0.4 is 5.73 Å². The summed E-state index contributed by atoms with van der Waals surface area (Å²) in [6.07, 6.45) is 1.83. The predicted molar refractivity (Wildman–Crippen MR) is 70.5 cm³/mol. The minimum atomic E-state index is 0.626. The average molecular weight is 289 g/mol. The van der Waals surface area contributed by atoms with Gasteiger partial charge in [0.1, 0.15) is 0 Å². The van der Waals surface area contributed by atoms with Gasteiger partial charge in [-0.05, 0) is 24.3 Å². The van der Waals surface area contributed by atoms with Gasteiger partial charge >= 0.3 is 0 Å². The molecule has 1 aromatic carbocycles. The van der Waals surface area contributed by atoms with Crippen LogP contribution in [0.25, 0.3) is 17.0 Å². The third kappa shape index (κ3) is 1.78. The topological polar surface area (TPSA) is 56.2 Å². The first kappa shape index (κ1) is 10.3. The molecule has 0 saturated heterocycles. The fourth-order valence-corrected chi connectivity index (χ4v) is 2.08. The minimum Gasteiger partial charge on any atom is -0.396 e. The van der Waals surface area contributed by atoms with Crippen molar-refractivity contribution in [3.8, 4) is 11.4 Å². The van der Waals surface area contributed by atoms with Gasteiger partial charge in [-0.3, -0.25) is 0 Å². The highest BCUT2D eigenvalue weighted by Crippen LogP contribution is 2.21. The highest BCUT2D eigenvalue weighted by Gasteiger charge is 2.07. The molecule has 2 N–H and O–H groups in total. The standard InChI is InChI=1S/C12H9BrN4/c13-9-4-1-3-8(7-9)11-15-12-10(14)5-2-6-17(12)16-11/h1-7H,14H2. The fraction of sp³-hybridized carbons (Fsp3) is 0. The molecule has 0 aliphatic carbocycles. The molecule has 0 amide bonds. The number of aromatic nitrogens is 3. The summed E-state index contributed by atoms with van der Waals surface area (Å²) in [4.78, 5) is 4.43. The second-order valence-electron chi connectivity index (χ2n) is 3.68. The van der Waals surface area contributed by atoms with Crippen molar-refractivity contribution in [1.29, 1.82) is 0 Å². The van der Waals surface area contributed by atoms with E-state index in [2.05, 4.69) is 26.0 Å². The Hall–Kier alpha value is -1.88. The third-order valence-electron chi connectivity index (χ3n) is 2.48. The first-order valence-electron chi connectivity index (χ1n) is 5.11. The van der Waals surface area contributed by atoms with E-state index < -0.39 is 0 Å². The molecule has 0 bridgehead atoms. The Labute approximate surface area is 106 Å². The lowest BCUT2D eigenvalue weighted by molar-refractivity contribution is 0.967. The van der Waals surface area contributed by atoms with Crippen LogP contribution in [0.4, 0.5) is 5.69 Å². The highest BCUT2D eigenvalue weighted by molar-refractivity contribution is 9.10. The van der Waals surface area contributed by atoms with Crippen molar-refractivity contribution in [2.45, 2.75) is 0 Å². The molecule has 0 fully saturated rings. The smallest absolute Gasteiger partial charge is 0.182 e. The number of hydrogen-bond donors (Lipinski definition) is 1. The Balaban J connectivity index is 2.22. The van der Waals surface area contributed by atoms with Gasteiger partial charge in [0.2, 0.25) is 0 Å². The van der Waals surface area contributed by atoms with E-state index >= 15 is 0 Å². The van der Waals surface area contributed by atoms with E-state index in [1.54, 1.807) is 4.52 Å². The summed E-state index contributed by atoms with van der Waals surface area (Å²) < 4.78 is 2.69.